The van der Waals surface area contributed by atoms with E-state index in [0.29, 0.717) is 11.4 Å². The molecule has 1 aromatic carbocycles. The van der Waals surface area contributed by atoms with Gasteiger partial charge in [0, 0.05) is 18.7 Å². The molecule has 0 spiro atoms. The fourth-order valence-corrected chi connectivity index (χ4v) is 1.37. The molecule has 0 radical (unpaired) electrons. The summed E-state index contributed by atoms with van der Waals surface area (Å²) in [6.07, 6.45) is 1.61. The van der Waals surface area contributed by atoms with Crippen molar-refractivity contribution in [1.29, 1.82) is 0 Å². The molecule has 2 rings (SSSR count). The van der Waals surface area contributed by atoms with E-state index in [1.54, 1.807) is 18.3 Å². The molecule has 0 fully saturated rings. The van der Waals surface area contributed by atoms with Gasteiger partial charge in [-0.05, 0) is 30.2 Å². The highest BCUT2D eigenvalue weighted by atomic mass is 16.5. The second kappa shape index (κ2) is 5.65. The van der Waals surface area contributed by atoms with Gasteiger partial charge >= 0.3 is 5.97 Å². The summed E-state index contributed by atoms with van der Waals surface area (Å²) in [5, 5.41) is 0. The van der Waals surface area contributed by atoms with Crippen LogP contribution in [0, 0.1) is 11.8 Å². The third-order valence-electron chi connectivity index (χ3n) is 2.12. The average molecular weight is 237 g/mol. The highest BCUT2D eigenvalue weighted by molar-refractivity contribution is 5.70. The molecule has 18 heavy (non-hydrogen) atoms. The van der Waals surface area contributed by atoms with E-state index in [1.807, 2.05) is 30.3 Å². The quantitative estimate of drug-likeness (QED) is 0.564. The number of carbonyl (C=O) groups excluding carboxylic acids is 1. The van der Waals surface area contributed by atoms with Gasteiger partial charge in [0.2, 0.25) is 0 Å². The largest absolute Gasteiger partial charge is 0.424 e. The Balaban J connectivity index is 2.30. The van der Waals surface area contributed by atoms with Crippen LogP contribution < -0.4 is 4.74 Å². The SMILES string of the molecule is CC(=O)Oc1cccnc1C#Cc1ccccc1. The Kier molecular flexibility index (Phi) is 3.72. The standard InChI is InChI=1S/C15H11NO2/c1-12(17)18-15-8-5-11-16-14(15)10-9-13-6-3-2-4-7-13/h2-8,11H,1H3. The maximum atomic E-state index is 10.9. The van der Waals surface area contributed by atoms with Crippen LogP contribution in [-0.2, 0) is 4.79 Å². The van der Waals surface area contributed by atoms with E-state index in [-0.39, 0.29) is 5.97 Å². The lowest BCUT2D eigenvalue weighted by molar-refractivity contribution is -0.131. The molecule has 0 aliphatic carbocycles. The summed E-state index contributed by atoms with van der Waals surface area (Å²) in [5.74, 6) is 5.87. The molecule has 0 amide bonds. The number of hydrogen-bond donors (Lipinski definition) is 0. The molecule has 2 aromatic rings. The number of esters is 1. The highest BCUT2D eigenvalue weighted by Crippen LogP contribution is 2.14. The molecule has 0 atom stereocenters. The average Bonchev–Trinajstić information content (AvgIpc) is 2.38. The van der Waals surface area contributed by atoms with Gasteiger partial charge in [0.1, 0.15) is 0 Å². The van der Waals surface area contributed by atoms with Crippen molar-refractivity contribution in [1.82, 2.24) is 4.98 Å². The van der Waals surface area contributed by atoms with Gasteiger partial charge in [-0.2, -0.15) is 0 Å². The lowest BCUT2D eigenvalue weighted by Gasteiger charge is -2.01. The van der Waals surface area contributed by atoms with Gasteiger partial charge in [-0.3, -0.25) is 4.79 Å². The molecule has 0 bridgehead atoms. The van der Waals surface area contributed by atoms with Crippen LogP contribution in [0.25, 0.3) is 0 Å². The maximum absolute atomic E-state index is 10.9. The molecule has 1 heterocycles. The number of pyridine rings is 1. The van der Waals surface area contributed by atoms with Gasteiger partial charge in [0.15, 0.2) is 11.4 Å². The van der Waals surface area contributed by atoms with E-state index in [0.717, 1.165) is 5.56 Å². The first-order valence-corrected chi connectivity index (χ1v) is 5.46. The van der Waals surface area contributed by atoms with Crippen molar-refractivity contribution in [3.63, 3.8) is 0 Å². The summed E-state index contributed by atoms with van der Waals surface area (Å²) in [6.45, 7) is 1.35. The maximum Gasteiger partial charge on any atom is 0.308 e. The molecule has 0 aliphatic rings. The van der Waals surface area contributed by atoms with E-state index < -0.39 is 0 Å². The minimum Gasteiger partial charge on any atom is -0.424 e. The predicted molar refractivity (Wildman–Crippen MR) is 68.0 cm³/mol. The first kappa shape index (κ1) is 11.9. The van der Waals surface area contributed by atoms with Crippen LogP contribution in [0.3, 0.4) is 0 Å². The zero-order valence-electron chi connectivity index (χ0n) is 9.88. The van der Waals surface area contributed by atoms with Crippen LogP contribution in [-0.4, -0.2) is 11.0 Å². The monoisotopic (exact) mass is 237 g/mol. The lowest BCUT2D eigenvalue weighted by Crippen LogP contribution is -2.03. The summed E-state index contributed by atoms with van der Waals surface area (Å²) in [6, 6.07) is 12.9. The van der Waals surface area contributed by atoms with Gasteiger partial charge in [-0.25, -0.2) is 4.98 Å². The van der Waals surface area contributed by atoms with E-state index in [2.05, 4.69) is 16.8 Å². The third kappa shape index (κ3) is 3.19. The van der Waals surface area contributed by atoms with Crippen LogP contribution in [0.2, 0.25) is 0 Å². The second-order valence-corrected chi connectivity index (χ2v) is 3.56. The van der Waals surface area contributed by atoms with Crippen LogP contribution >= 0.6 is 0 Å². The molecule has 88 valence electrons. The summed E-state index contributed by atoms with van der Waals surface area (Å²) in [5.41, 5.74) is 1.34. The Labute approximate surface area is 105 Å². The van der Waals surface area contributed by atoms with E-state index in [4.69, 9.17) is 4.74 Å². The van der Waals surface area contributed by atoms with Crippen molar-refractivity contribution < 1.29 is 9.53 Å². The number of ether oxygens (including phenoxy) is 1. The minimum atomic E-state index is -0.384. The third-order valence-corrected chi connectivity index (χ3v) is 2.12. The van der Waals surface area contributed by atoms with Crippen LogP contribution in [0.5, 0.6) is 5.75 Å². The molecular weight excluding hydrogens is 226 g/mol. The minimum absolute atomic E-state index is 0.383. The first-order valence-electron chi connectivity index (χ1n) is 5.46. The molecule has 3 heteroatoms. The van der Waals surface area contributed by atoms with Gasteiger partial charge in [-0.1, -0.05) is 24.1 Å². The molecule has 0 saturated heterocycles. The molecule has 0 saturated carbocycles. The number of nitrogens with zero attached hydrogens (tertiary/aromatic N) is 1. The zero-order valence-corrected chi connectivity index (χ0v) is 9.88. The van der Waals surface area contributed by atoms with Gasteiger partial charge in [0.05, 0.1) is 0 Å². The van der Waals surface area contributed by atoms with Crippen LogP contribution in [0.4, 0.5) is 0 Å². The van der Waals surface area contributed by atoms with Gasteiger partial charge in [0.25, 0.3) is 0 Å². The van der Waals surface area contributed by atoms with Crippen molar-refractivity contribution in [2.45, 2.75) is 6.92 Å². The lowest BCUT2D eigenvalue weighted by atomic mass is 10.2. The smallest absolute Gasteiger partial charge is 0.308 e. The fourth-order valence-electron chi connectivity index (χ4n) is 1.37. The van der Waals surface area contributed by atoms with Crippen molar-refractivity contribution in [3.8, 4) is 17.6 Å². The summed E-state index contributed by atoms with van der Waals surface area (Å²) in [7, 11) is 0. The molecule has 1 aromatic heterocycles. The Bertz CT molecular complexity index is 609. The molecule has 0 aliphatic heterocycles. The second-order valence-electron chi connectivity index (χ2n) is 3.56. The number of hydrogen-bond acceptors (Lipinski definition) is 3. The number of rotatable bonds is 1. The number of aromatic nitrogens is 1. The molecule has 0 unspecified atom stereocenters. The Morgan fingerprint density at radius 3 is 2.61 bits per heavy atom. The van der Waals surface area contributed by atoms with Gasteiger partial charge < -0.3 is 4.74 Å². The summed E-state index contributed by atoms with van der Waals surface area (Å²) in [4.78, 5) is 15.0. The van der Waals surface area contributed by atoms with Crippen molar-refractivity contribution in [2.75, 3.05) is 0 Å². The Hall–Kier alpha value is -2.60. The number of benzene rings is 1. The van der Waals surface area contributed by atoms with Crippen LogP contribution in [0.1, 0.15) is 18.2 Å². The van der Waals surface area contributed by atoms with Crippen molar-refractivity contribution in [3.05, 3.63) is 59.9 Å². The summed E-state index contributed by atoms with van der Waals surface area (Å²) < 4.78 is 5.03. The Morgan fingerprint density at radius 1 is 1.11 bits per heavy atom. The van der Waals surface area contributed by atoms with Crippen molar-refractivity contribution >= 4 is 5.97 Å². The van der Waals surface area contributed by atoms with E-state index >= 15 is 0 Å². The van der Waals surface area contributed by atoms with E-state index in [1.165, 1.54) is 6.92 Å². The topological polar surface area (TPSA) is 39.2 Å². The van der Waals surface area contributed by atoms with Gasteiger partial charge in [-0.15, -0.1) is 0 Å². The van der Waals surface area contributed by atoms with Crippen molar-refractivity contribution in [2.24, 2.45) is 0 Å². The molecule has 0 N–H and O–H groups in total. The van der Waals surface area contributed by atoms with E-state index in [9.17, 15) is 4.79 Å². The molecule has 3 nitrogen and oxygen atoms in total. The zero-order chi connectivity index (χ0) is 12.8. The number of carbonyl (C=O) groups is 1. The predicted octanol–water partition coefficient (Wildman–Crippen LogP) is 2.41. The normalized spacial score (nSPS) is 9.17. The Morgan fingerprint density at radius 2 is 1.89 bits per heavy atom. The molecular formula is C15H11NO2. The first-order chi connectivity index (χ1) is 8.75. The highest BCUT2D eigenvalue weighted by Gasteiger charge is 2.03. The van der Waals surface area contributed by atoms with Crippen LogP contribution in [0.15, 0.2) is 48.7 Å². The fraction of sp³-hybridized carbons (Fsp3) is 0.0667. The summed E-state index contributed by atoms with van der Waals surface area (Å²) >= 11 is 0.